The Bertz CT molecular complexity index is 469. The molecule has 21 heavy (non-hydrogen) atoms. The highest BCUT2D eigenvalue weighted by molar-refractivity contribution is 5.81. The molecule has 0 heterocycles. The number of likely N-dealkylation sites (N-methyl/N-ethyl adjacent to an activating group) is 1. The van der Waals surface area contributed by atoms with Crippen molar-refractivity contribution in [1.29, 1.82) is 0 Å². The first-order valence-corrected chi connectivity index (χ1v) is 7.94. The van der Waals surface area contributed by atoms with Crippen LogP contribution in [-0.2, 0) is 4.79 Å². The number of nitrogens with one attached hydrogen (secondary N) is 1. The first kappa shape index (κ1) is 17.7. The number of hydrogen-bond donors (Lipinski definition) is 1. The van der Waals surface area contributed by atoms with Crippen LogP contribution in [0.1, 0.15) is 56.0 Å². The van der Waals surface area contributed by atoms with Crippen LogP contribution in [0.25, 0.3) is 0 Å². The first-order chi connectivity index (χ1) is 9.81. The van der Waals surface area contributed by atoms with Crippen molar-refractivity contribution in [1.82, 2.24) is 10.2 Å². The number of hydrogen-bond acceptors (Lipinski definition) is 2. The normalized spacial score (nSPS) is 13.9. The maximum absolute atomic E-state index is 12.4. The molecule has 1 rings (SSSR count). The van der Waals surface area contributed by atoms with E-state index in [2.05, 4.69) is 45.1 Å². The summed E-state index contributed by atoms with van der Waals surface area (Å²) < 4.78 is 0. The Labute approximate surface area is 129 Å². The minimum absolute atomic E-state index is 0.167. The van der Waals surface area contributed by atoms with Gasteiger partial charge in [0, 0.05) is 19.1 Å². The van der Waals surface area contributed by atoms with Crippen LogP contribution in [0.2, 0.25) is 0 Å². The second kappa shape index (κ2) is 7.60. The summed E-state index contributed by atoms with van der Waals surface area (Å²) in [5.41, 5.74) is 5.16. The highest BCUT2D eigenvalue weighted by Crippen LogP contribution is 2.23. The molecule has 0 saturated carbocycles. The third-order valence-electron chi connectivity index (χ3n) is 4.12. The van der Waals surface area contributed by atoms with E-state index in [0.717, 1.165) is 13.1 Å². The predicted molar refractivity (Wildman–Crippen MR) is 89.6 cm³/mol. The van der Waals surface area contributed by atoms with E-state index in [4.69, 9.17) is 0 Å². The molecule has 0 fully saturated rings. The standard InChI is InChI=1S/C18H30N2O/c1-8-20(9-2)18(21)16(7)19-15(6)17-13(4)10-12(3)11-14(17)5/h10-11,15-16,19H,8-9H2,1-7H3. The molecule has 1 amide bonds. The van der Waals surface area contributed by atoms with Gasteiger partial charge in [0.05, 0.1) is 6.04 Å². The molecule has 3 nitrogen and oxygen atoms in total. The molecule has 0 spiro atoms. The second-order valence-electron chi connectivity index (χ2n) is 5.93. The molecule has 0 aromatic heterocycles. The van der Waals surface area contributed by atoms with E-state index in [1.165, 1.54) is 22.3 Å². The highest BCUT2D eigenvalue weighted by atomic mass is 16.2. The summed E-state index contributed by atoms with van der Waals surface area (Å²) in [5, 5.41) is 3.45. The van der Waals surface area contributed by atoms with E-state index in [1.807, 2.05) is 25.7 Å². The molecular formula is C18H30N2O. The number of rotatable bonds is 6. The number of aryl methyl sites for hydroxylation is 3. The van der Waals surface area contributed by atoms with E-state index in [9.17, 15) is 4.79 Å². The van der Waals surface area contributed by atoms with Crippen molar-refractivity contribution in [2.45, 2.75) is 60.5 Å². The fourth-order valence-electron chi connectivity index (χ4n) is 3.21. The summed E-state index contributed by atoms with van der Waals surface area (Å²) in [5.74, 6) is 0.175. The molecule has 0 aliphatic carbocycles. The summed E-state index contributed by atoms with van der Waals surface area (Å²) in [4.78, 5) is 14.2. The Morgan fingerprint density at radius 1 is 1.10 bits per heavy atom. The summed E-state index contributed by atoms with van der Waals surface area (Å²) in [6.07, 6.45) is 0. The van der Waals surface area contributed by atoms with E-state index >= 15 is 0 Å². The van der Waals surface area contributed by atoms with Crippen LogP contribution in [0, 0.1) is 20.8 Å². The molecular weight excluding hydrogens is 260 g/mol. The van der Waals surface area contributed by atoms with E-state index < -0.39 is 0 Å². The number of nitrogens with zero attached hydrogens (tertiary/aromatic N) is 1. The van der Waals surface area contributed by atoms with Crippen molar-refractivity contribution >= 4 is 5.91 Å². The lowest BCUT2D eigenvalue weighted by Crippen LogP contribution is -2.45. The molecule has 118 valence electrons. The van der Waals surface area contributed by atoms with Gasteiger partial charge in [-0.2, -0.15) is 0 Å². The van der Waals surface area contributed by atoms with Gasteiger partial charge in [0.2, 0.25) is 5.91 Å². The van der Waals surface area contributed by atoms with Crippen LogP contribution in [0.5, 0.6) is 0 Å². The van der Waals surface area contributed by atoms with Gasteiger partial charge in [-0.3, -0.25) is 10.1 Å². The Kier molecular flexibility index (Phi) is 6.41. The molecule has 0 aliphatic rings. The minimum Gasteiger partial charge on any atom is -0.342 e. The average molecular weight is 290 g/mol. The Morgan fingerprint density at radius 3 is 2.00 bits per heavy atom. The highest BCUT2D eigenvalue weighted by Gasteiger charge is 2.21. The fourth-order valence-corrected chi connectivity index (χ4v) is 3.21. The van der Waals surface area contributed by atoms with Crippen molar-refractivity contribution in [2.24, 2.45) is 0 Å². The van der Waals surface area contributed by atoms with Crippen molar-refractivity contribution in [3.05, 3.63) is 34.4 Å². The lowest BCUT2D eigenvalue weighted by atomic mass is 9.94. The lowest BCUT2D eigenvalue weighted by molar-refractivity contribution is -0.132. The molecule has 1 aromatic carbocycles. The fraction of sp³-hybridized carbons (Fsp3) is 0.611. The monoisotopic (exact) mass is 290 g/mol. The van der Waals surface area contributed by atoms with Crippen LogP contribution in [-0.4, -0.2) is 29.9 Å². The molecule has 0 bridgehead atoms. The smallest absolute Gasteiger partial charge is 0.239 e. The van der Waals surface area contributed by atoms with Gasteiger partial charge >= 0.3 is 0 Å². The van der Waals surface area contributed by atoms with Crippen LogP contribution in [0.15, 0.2) is 12.1 Å². The van der Waals surface area contributed by atoms with Crippen LogP contribution < -0.4 is 5.32 Å². The first-order valence-electron chi connectivity index (χ1n) is 7.94. The predicted octanol–water partition coefficient (Wildman–Crippen LogP) is 3.52. The molecule has 0 saturated heterocycles. The molecule has 3 heteroatoms. The van der Waals surface area contributed by atoms with Crippen molar-refractivity contribution < 1.29 is 4.79 Å². The maximum atomic E-state index is 12.4. The SMILES string of the molecule is CCN(CC)C(=O)C(C)NC(C)c1c(C)cc(C)cc1C. The van der Waals surface area contributed by atoms with Crippen molar-refractivity contribution in [2.75, 3.05) is 13.1 Å². The molecule has 1 aromatic rings. The Morgan fingerprint density at radius 2 is 1.57 bits per heavy atom. The summed E-state index contributed by atoms with van der Waals surface area (Å²) in [7, 11) is 0. The van der Waals surface area contributed by atoms with Gasteiger partial charge < -0.3 is 4.90 Å². The second-order valence-corrected chi connectivity index (χ2v) is 5.93. The molecule has 1 N–H and O–H groups in total. The molecule has 0 aliphatic heterocycles. The average Bonchev–Trinajstić information content (AvgIpc) is 2.38. The van der Waals surface area contributed by atoms with Crippen molar-refractivity contribution in [3.63, 3.8) is 0 Å². The number of carbonyl (C=O) groups excluding carboxylic acids is 1. The largest absolute Gasteiger partial charge is 0.342 e. The number of benzene rings is 1. The van der Waals surface area contributed by atoms with Crippen LogP contribution >= 0.6 is 0 Å². The van der Waals surface area contributed by atoms with E-state index in [-0.39, 0.29) is 18.0 Å². The zero-order valence-corrected chi connectivity index (χ0v) is 14.6. The zero-order valence-electron chi connectivity index (χ0n) is 14.6. The van der Waals surface area contributed by atoms with Crippen LogP contribution in [0.4, 0.5) is 0 Å². The van der Waals surface area contributed by atoms with E-state index in [0.29, 0.717) is 0 Å². The summed E-state index contributed by atoms with van der Waals surface area (Å²) in [6, 6.07) is 4.41. The zero-order chi connectivity index (χ0) is 16.2. The van der Waals surface area contributed by atoms with Gasteiger partial charge in [0.1, 0.15) is 0 Å². The molecule has 2 atom stereocenters. The van der Waals surface area contributed by atoms with Gasteiger partial charge in [-0.1, -0.05) is 17.7 Å². The van der Waals surface area contributed by atoms with Gasteiger partial charge in [-0.05, 0) is 65.2 Å². The minimum atomic E-state index is -0.167. The van der Waals surface area contributed by atoms with Gasteiger partial charge in [0.25, 0.3) is 0 Å². The quantitative estimate of drug-likeness (QED) is 0.869. The number of amides is 1. The van der Waals surface area contributed by atoms with E-state index in [1.54, 1.807) is 0 Å². The van der Waals surface area contributed by atoms with Crippen LogP contribution in [0.3, 0.4) is 0 Å². The molecule has 2 unspecified atom stereocenters. The van der Waals surface area contributed by atoms with Gasteiger partial charge in [0.15, 0.2) is 0 Å². The Hall–Kier alpha value is -1.35. The number of carbonyl (C=O) groups is 1. The lowest BCUT2D eigenvalue weighted by Gasteiger charge is -2.27. The maximum Gasteiger partial charge on any atom is 0.239 e. The Balaban J connectivity index is 2.86. The third kappa shape index (κ3) is 4.31. The third-order valence-corrected chi connectivity index (χ3v) is 4.12. The van der Waals surface area contributed by atoms with Crippen molar-refractivity contribution in [3.8, 4) is 0 Å². The molecule has 0 radical (unpaired) electrons. The topological polar surface area (TPSA) is 32.3 Å². The summed E-state index contributed by atoms with van der Waals surface area (Å²) in [6.45, 7) is 16.1. The summed E-state index contributed by atoms with van der Waals surface area (Å²) >= 11 is 0. The van der Waals surface area contributed by atoms with Gasteiger partial charge in [-0.25, -0.2) is 0 Å². The van der Waals surface area contributed by atoms with Gasteiger partial charge in [-0.15, -0.1) is 0 Å².